The van der Waals surface area contributed by atoms with Gasteiger partial charge in [0.25, 0.3) is 7.82 Å². The number of nitrogens with one attached hydrogen (secondary N) is 1. The van der Waals surface area contributed by atoms with Crippen LogP contribution in [0.1, 0.15) is 13.3 Å². The van der Waals surface area contributed by atoms with Gasteiger partial charge in [0, 0.05) is 12.1 Å². The number of quaternary nitrogens is 1. The average molecular weight is 308 g/mol. The van der Waals surface area contributed by atoms with Gasteiger partial charge >= 0.3 is 0 Å². The number of amides is 1. The van der Waals surface area contributed by atoms with Crippen molar-refractivity contribution in [1.82, 2.24) is 5.32 Å². The van der Waals surface area contributed by atoms with Gasteiger partial charge in [-0.2, -0.15) is 0 Å². The van der Waals surface area contributed by atoms with Crippen molar-refractivity contribution in [3.8, 4) is 0 Å². The smallest absolute Gasteiger partial charge is 0.268 e. The van der Waals surface area contributed by atoms with Crippen LogP contribution in [0.25, 0.3) is 0 Å². The first kappa shape index (κ1) is 19.3. The first-order valence-electron chi connectivity index (χ1n) is 6.38. The van der Waals surface area contributed by atoms with E-state index in [1.54, 1.807) is 6.92 Å². The number of carbonyl (C=O) groups is 1. The molecule has 0 aromatic carbocycles. The highest BCUT2D eigenvalue weighted by Gasteiger charge is 2.13. The van der Waals surface area contributed by atoms with E-state index in [9.17, 15) is 14.3 Å². The lowest BCUT2D eigenvalue weighted by molar-refractivity contribution is -0.870. The minimum Gasteiger partial charge on any atom is -0.756 e. The van der Waals surface area contributed by atoms with Gasteiger partial charge < -0.3 is 23.7 Å². The number of likely N-dealkylation sites (N-methyl/N-ethyl adjacent to an activating group) is 1. The maximum Gasteiger partial charge on any atom is 0.268 e. The van der Waals surface area contributed by atoms with Gasteiger partial charge in [-0.1, -0.05) is 6.58 Å². The molecule has 0 saturated heterocycles. The third-order valence-electron chi connectivity index (χ3n) is 2.26. The molecule has 0 aromatic heterocycles. The molecule has 0 aliphatic carbocycles. The molecule has 0 aromatic rings. The SMILES string of the molecule is C=C(C)C(=O)NCCCOP(=O)([O-])OCC[N+](C)(C)C. The largest absolute Gasteiger partial charge is 0.756 e. The van der Waals surface area contributed by atoms with E-state index in [4.69, 9.17) is 4.52 Å². The Balaban J connectivity index is 3.75. The van der Waals surface area contributed by atoms with Crippen molar-refractivity contribution in [3.05, 3.63) is 12.2 Å². The fourth-order valence-electron chi connectivity index (χ4n) is 1.07. The summed E-state index contributed by atoms with van der Waals surface area (Å²) in [5, 5.41) is 2.58. The number of rotatable bonds is 10. The van der Waals surface area contributed by atoms with Crippen molar-refractivity contribution in [2.24, 2.45) is 0 Å². The first-order valence-corrected chi connectivity index (χ1v) is 7.84. The van der Waals surface area contributed by atoms with Crippen LogP contribution in [-0.4, -0.2) is 57.8 Å². The molecular weight excluding hydrogens is 283 g/mol. The highest BCUT2D eigenvalue weighted by molar-refractivity contribution is 7.45. The first-order chi connectivity index (χ1) is 9.03. The van der Waals surface area contributed by atoms with Crippen molar-refractivity contribution in [1.29, 1.82) is 0 Å². The topological polar surface area (TPSA) is 87.7 Å². The standard InChI is InChI=1S/C12H25N2O5P/c1-11(2)12(15)13-7-6-9-18-20(16,17)19-10-8-14(3,4)5/h1,6-10H2,2-5H3,(H-,13,15,16,17). The summed E-state index contributed by atoms with van der Waals surface area (Å²) in [5.74, 6) is -0.255. The second-order valence-electron chi connectivity index (χ2n) is 5.52. The normalized spacial score (nSPS) is 14.7. The Morgan fingerprint density at radius 1 is 1.30 bits per heavy atom. The summed E-state index contributed by atoms with van der Waals surface area (Å²) in [6.07, 6.45) is 0.379. The van der Waals surface area contributed by atoms with Gasteiger partial charge in [0.05, 0.1) is 27.7 Å². The summed E-state index contributed by atoms with van der Waals surface area (Å²) in [4.78, 5) is 22.5. The fourth-order valence-corrected chi connectivity index (χ4v) is 1.80. The summed E-state index contributed by atoms with van der Waals surface area (Å²) < 4.78 is 21.4. The van der Waals surface area contributed by atoms with Gasteiger partial charge in [0.1, 0.15) is 13.2 Å². The van der Waals surface area contributed by atoms with Crippen LogP contribution in [0, 0.1) is 0 Å². The Kier molecular flexibility index (Phi) is 8.23. The van der Waals surface area contributed by atoms with Gasteiger partial charge in [-0.15, -0.1) is 0 Å². The average Bonchev–Trinajstić information content (AvgIpc) is 2.25. The van der Waals surface area contributed by atoms with E-state index in [1.165, 1.54) is 0 Å². The summed E-state index contributed by atoms with van der Waals surface area (Å²) in [6, 6.07) is 0. The molecule has 0 aliphatic heterocycles. The van der Waals surface area contributed by atoms with Crippen molar-refractivity contribution in [3.63, 3.8) is 0 Å². The van der Waals surface area contributed by atoms with Crippen LogP contribution in [0.3, 0.4) is 0 Å². The number of phosphoric acid groups is 1. The number of nitrogens with zero attached hydrogens (tertiary/aromatic N) is 1. The van der Waals surface area contributed by atoms with Gasteiger partial charge in [0.2, 0.25) is 5.91 Å². The molecule has 0 aliphatic rings. The molecule has 0 rings (SSSR count). The molecular formula is C12H25N2O5P. The number of phosphoric ester groups is 1. The van der Waals surface area contributed by atoms with E-state index >= 15 is 0 Å². The monoisotopic (exact) mass is 308 g/mol. The van der Waals surface area contributed by atoms with Gasteiger partial charge in [-0.3, -0.25) is 9.36 Å². The maximum absolute atomic E-state index is 11.4. The molecule has 7 nitrogen and oxygen atoms in total. The van der Waals surface area contributed by atoms with E-state index in [0.29, 0.717) is 29.6 Å². The van der Waals surface area contributed by atoms with Crippen molar-refractivity contribution in [2.45, 2.75) is 13.3 Å². The summed E-state index contributed by atoms with van der Waals surface area (Å²) in [5.41, 5.74) is 0.407. The Morgan fingerprint density at radius 2 is 1.85 bits per heavy atom. The second-order valence-corrected chi connectivity index (χ2v) is 6.93. The van der Waals surface area contributed by atoms with Crippen LogP contribution in [-0.2, 0) is 18.4 Å². The molecule has 1 unspecified atom stereocenters. The van der Waals surface area contributed by atoms with Crippen molar-refractivity contribution >= 4 is 13.7 Å². The number of hydrogen-bond donors (Lipinski definition) is 1. The van der Waals surface area contributed by atoms with E-state index in [0.717, 1.165) is 0 Å². The quantitative estimate of drug-likeness (QED) is 0.271. The lowest BCUT2D eigenvalue weighted by Gasteiger charge is -2.27. The zero-order valence-electron chi connectivity index (χ0n) is 12.7. The van der Waals surface area contributed by atoms with Crippen LogP contribution in [0.15, 0.2) is 12.2 Å². The van der Waals surface area contributed by atoms with Gasteiger partial charge in [0.15, 0.2) is 0 Å². The third-order valence-corrected chi connectivity index (χ3v) is 3.25. The Labute approximate surface area is 120 Å². The Bertz CT molecular complexity index is 379. The van der Waals surface area contributed by atoms with E-state index in [-0.39, 0.29) is 19.1 Å². The van der Waals surface area contributed by atoms with Crippen LogP contribution in [0.5, 0.6) is 0 Å². The van der Waals surface area contributed by atoms with Crippen LogP contribution in [0.2, 0.25) is 0 Å². The molecule has 8 heteroatoms. The molecule has 20 heavy (non-hydrogen) atoms. The van der Waals surface area contributed by atoms with Crippen molar-refractivity contribution in [2.75, 3.05) is 47.4 Å². The zero-order valence-corrected chi connectivity index (χ0v) is 13.6. The van der Waals surface area contributed by atoms with Crippen LogP contribution < -0.4 is 10.2 Å². The zero-order chi connectivity index (χ0) is 15.8. The lowest BCUT2D eigenvalue weighted by atomic mass is 10.3. The van der Waals surface area contributed by atoms with Gasteiger partial charge in [-0.05, 0) is 13.3 Å². The molecule has 0 saturated carbocycles. The predicted octanol–water partition coefficient (Wildman–Crippen LogP) is 0.277. The van der Waals surface area contributed by atoms with E-state index in [2.05, 4.69) is 16.4 Å². The fraction of sp³-hybridized carbons (Fsp3) is 0.750. The molecule has 0 radical (unpaired) electrons. The van der Waals surface area contributed by atoms with Gasteiger partial charge in [-0.25, -0.2) is 0 Å². The number of carbonyl (C=O) groups excluding carboxylic acids is 1. The molecule has 1 amide bonds. The van der Waals surface area contributed by atoms with Crippen LogP contribution >= 0.6 is 7.82 Å². The minimum atomic E-state index is -4.25. The predicted molar refractivity (Wildman–Crippen MR) is 74.9 cm³/mol. The summed E-state index contributed by atoms with van der Waals surface area (Å²) in [7, 11) is 1.55. The summed E-state index contributed by atoms with van der Waals surface area (Å²) in [6.45, 7) is 6.02. The summed E-state index contributed by atoms with van der Waals surface area (Å²) >= 11 is 0. The molecule has 1 N–H and O–H groups in total. The highest BCUT2D eigenvalue weighted by Crippen LogP contribution is 2.37. The Morgan fingerprint density at radius 3 is 2.35 bits per heavy atom. The molecule has 0 spiro atoms. The molecule has 0 fully saturated rings. The third kappa shape index (κ3) is 11.1. The minimum absolute atomic E-state index is 0.0262. The molecule has 0 bridgehead atoms. The van der Waals surface area contributed by atoms with Crippen LogP contribution in [0.4, 0.5) is 0 Å². The van der Waals surface area contributed by atoms with E-state index in [1.807, 2.05) is 21.1 Å². The maximum atomic E-state index is 11.4. The second kappa shape index (κ2) is 8.54. The van der Waals surface area contributed by atoms with E-state index < -0.39 is 7.82 Å². The lowest BCUT2D eigenvalue weighted by Crippen LogP contribution is -2.37. The molecule has 0 heterocycles. The molecule has 118 valence electrons. The molecule has 1 atom stereocenters. The number of hydrogen-bond acceptors (Lipinski definition) is 5. The Hall–Kier alpha value is -0.720. The highest BCUT2D eigenvalue weighted by atomic mass is 31.2. The van der Waals surface area contributed by atoms with Crippen molar-refractivity contribution < 1.29 is 27.8 Å².